The average Bonchev–Trinajstić information content (AvgIpc) is 2.29. The van der Waals surface area contributed by atoms with E-state index < -0.39 is 0 Å². The van der Waals surface area contributed by atoms with Gasteiger partial charge in [-0.3, -0.25) is 4.98 Å². The van der Waals surface area contributed by atoms with Crippen LogP contribution in [0.5, 0.6) is 0 Å². The number of fused-ring (bicyclic) bond motifs is 1. The van der Waals surface area contributed by atoms with E-state index in [1.807, 2.05) is 19.3 Å². The fourth-order valence-electron chi connectivity index (χ4n) is 1.60. The molecule has 2 rings (SSSR count). The number of hydrogen-bond donors (Lipinski definition) is 0. The Bertz CT molecular complexity index is 427. The zero-order chi connectivity index (χ0) is 8.72. The van der Waals surface area contributed by atoms with Crippen LogP contribution < -0.4 is 0 Å². The van der Waals surface area contributed by atoms with Crippen LogP contribution in [-0.4, -0.2) is 9.38 Å². The van der Waals surface area contributed by atoms with Crippen molar-refractivity contribution in [3.8, 4) is 0 Å². The molecule has 0 N–H and O–H groups in total. The second-order valence-corrected chi connectivity index (χ2v) is 3.21. The van der Waals surface area contributed by atoms with Crippen LogP contribution in [-0.2, 0) is 0 Å². The summed E-state index contributed by atoms with van der Waals surface area (Å²) in [6, 6.07) is 0. The lowest BCUT2D eigenvalue weighted by atomic mass is 10.2. The SMILES string of the molecule is Cc1cn2ccnc(C)c2c1C. The molecular formula is C10H12N2. The number of hydrogen-bond acceptors (Lipinski definition) is 1. The molecule has 0 spiro atoms. The molecule has 12 heavy (non-hydrogen) atoms. The zero-order valence-electron chi connectivity index (χ0n) is 7.63. The molecule has 2 heterocycles. The third kappa shape index (κ3) is 0.843. The number of aryl methyl sites for hydroxylation is 3. The lowest BCUT2D eigenvalue weighted by Gasteiger charge is -1.97. The monoisotopic (exact) mass is 160 g/mol. The molecule has 0 amide bonds. The largest absolute Gasteiger partial charge is 0.320 e. The third-order valence-corrected chi connectivity index (χ3v) is 2.38. The van der Waals surface area contributed by atoms with E-state index in [4.69, 9.17) is 0 Å². The van der Waals surface area contributed by atoms with Gasteiger partial charge in [-0.2, -0.15) is 0 Å². The van der Waals surface area contributed by atoms with Gasteiger partial charge < -0.3 is 4.40 Å². The van der Waals surface area contributed by atoms with Crippen molar-refractivity contribution in [2.75, 3.05) is 0 Å². The second kappa shape index (κ2) is 2.34. The molecule has 0 aliphatic rings. The molecule has 2 aromatic heterocycles. The first-order valence-electron chi connectivity index (χ1n) is 4.09. The number of aromatic nitrogens is 2. The molecule has 0 unspecified atom stereocenters. The van der Waals surface area contributed by atoms with E-state index in [2.05, 4.69) is 29.4 Å². The van der Waals surface area contributed by atoms with Gasteiger partial charge in [0.25, 0.3) is 0 Å². The lowest BCUT2D eigenvalue weighted by Crippen LogP contribution is -1.88. The molecule has 0 aromatic carbocycles. The minimum Gasteiger partial charge on any atom is -0.320 e. The molecule has 2 aromatic rings. The summed E-state index contributed by atoms with van der Waals surface area (Å²) in [6.45, 7) is 6.31. The highest BCUT2D eigenvalue weighted by molar-refractivity contribution is 5.61. The average molecular weight is 160 g/mol. The first kappa shape index (κ1) is 7.35. The van der Waals surface area contributed by atoms with Crippen LogP contribution in [0.1, 0.15) is 16.8 Å². The topological polar surface area (TPSA) is 17.3 Å². The number of rotatable bonds is 0. The molecule has 0 atom stereocenters. The summed E-state index contributed by atoms with van der Waals surface area (Å²) in [5.41, 5.74) is 5.00. The molecular weight excluding hydrogens is 148 g/mol. The van der Waals surface area contributed by atoms with Crippen molar-refractivity contribution < 1.29 is 0 Å². The van der Waals surface area contributed by atoms with Gasteiger partial charge in [0.15, 0.2) is 0 Å². The summed E-state index contributed by atoms with van der Waals surface area (Å²) in [6.07, 6.45) is 5.96. The highest BCUT2D eigenvalue weighted by Crippen LogP contribution is 2.18. The van der Waals surface area contributed by atoms with Crippen molar-refractivity contribution in [3.05, 3.63) is 35.4 Å². The summed E-state index contributed by atoms with van der Waals surface area (Å²) >= 11 is 0. The maximum atomic E-state index is 4.26. The zero-order valence-corrected chi connectivity index (χ0v) is 7.63. The quantitative estimate of drug-likeness (QED) is 0.577. The summed E-state index contributed by atoms with van der Waals surface area (Å²) in [7, 11) is 0. The molecule has 0 aliphatic heterocycles. The van der Waals surface area contributed by atoms with Crippen LogP contribution >= 0.6 is 0 Å². The van der Waals surface area contributed by atoms with Gasteiger partial charge >= 0.3 is 0 Å². The van der Waals surface area contributed by atoms with Crippen LogP contribution in [0.15, 0.2) is 18.6 Å². The fourth-order valence-corrected chi connectivity index (χ4v) is 1.60. The predicted octanol–water partition coefficient (Wildman–Crippen LogP) is 2.26. The number of nitrogens with zero attached hydrogens (tertiary/aromatic N) is 2. The van der Waals surface area contributed by atoms with E-state index in [9.17, 15) is 0 Å². The molecule has 0 fully saturated rings. The summed E-state index contributed by atoms with van der Waals surface area (Å²) in [5, 5.41) is 0. The Labute approximate surface area is 71.9 Å². The van der Waals surface area contributed by atoms with Crippen LogP contribution in [0.3, 0.4) is 0 Å². The Hall–Kier alpha value is -1.31. The van der Waals surface area contributed by atoms with E-state index >= 15 is 0 Å². The van der Waals surface area contributed by atoms with Crippen molar-refractivity contribution in [2.24, 2.45) is 0 Å². The maximum absolute atomic E-state index is 4.26. The molecule has 0 bridgehead atoms. The first-order chi connectivity index (χ1) is 5.70. The fraction of sp³-hybridized carbons (Fsp3) is 0.300. The van der Waals surface area contributed by atoms with Gasteiger partial charge in [0.1, 0.15) is 0 Å². The van der Waals surface area contributed by atoms with Crippen LogP contribution in [0.25, 0.3) is 5.52 Å². The molecule has 2 heteroatoms. The standard InChI is InChI=1S/C10H12N2/c1-7-6-12-5-4-11-9(3)10(12)8(7)2/h4-6H,1-3H3. The van der Waals surface area contributed by atoms with Crippen molar-refractivity contribution >= 4 is 5.52 Å². The van der Waals surface area contributed by atoms with Gasteiger partial charge in [0.2, 0.25) is 0 Å². The van der Waals surface area contributed by atoms with Gasteiger partial charge in [0, 0.05) is 18.6 Å². The molecule has 0 radical (unpaired) electrons. The molecule has 0 aliphatic carbocycles. The smallest absolute Gasteiger partial charge is 0.0696 e. The first-order valence-corrected chi connectivity index (χ1v) is 4.09. The van der Waals surface area contributed by atoms with Crippen molar-refractivity contribution in [3.63, 3.8) is 0 Å². The van der Waals surface area contributed by atoms with Gasteiger partial charge in [-0.1, -0.05) is 0 Å². The van der Waals surface area contributed by atoms with Crippen LogP contribution in [0, 0.1) is 20.8 Å². The van der Waals surface area contributed by atoms with Gasteiger partial charge in [-0.05, 0) is 31.9 Å². The normalized spacial score (nSPS) is 10.9. The van der Waals surface area contributed by atoms with E-state index in [1.165, 1.54) is 16.6 Å². The molecule has 0 saturated carbocycles. The Morgan fingerprint density at radius 1 is 1.25 bits per heavy atom. The highest BCUT2D eigenvalue weighted by Gasteiger charge is 2.04. The summed E-state index contributed by atoms with van der Waals surface area (Å²) < 4.78 is 2.13. The van der Waals surface area contributed by atoms with E-state index in [-0.39, 0.29) is 0 Å². The Kier molecular flexibility index (Phi) is 1.43. The van der Waals surface area contributed by atoms with Gasteiger partial charge in [0.05, 0.1) is 11.2 Å². The van der Waals surface area contributed by atoms with E-state index in [0.29, 0.717) is 0 Å². The van der Waals surface area contributed by atoms with E-state index in [1.54, 1.807) is 0 Å². The Morgan fingerprint density at radius 2 is 2.00 bits per heavy atom. The van der Waals surface area contributed by atoms with Crippen molar-refractivity contribution in [1.29, 1.82) is 0 Å². The van der Waals surface area contributed by atoms with E-state index in [0.717, 1.165) is 5.69 Å². The summed E-state index contributed by atoms with van der Waals surface area (Å²) in [5.74, 6) is 0. The van der Waals surface area contributed by atoms with Crippen LogP contribution in [0.4, 0.5) is 0 Å². The highest BCUT2D eigenvalue weighted by atomic mass is 14.9. The molecule has 0 saturated heterocycles. The predicted molar refractivity (Wildman–Crippen MR) is 49.4 cm³/mol. The van der Waals surface area contributed by atoms with Crippen LogP contribution in [0.2, 0.25) is 0 Å². The maximum Gasteiger partial charge on any atom is 0.0696 e. The molecule has 2 nitrogen and oxygen atoms in total. The minimum atomic E-state index is 1.10. The van der Waals surface area contributed by atoms with Crippen molar-refractivity contribution in [1.82, 2.24) is 9.38 Å². The third-order valence-electron chi connectivity index (χ3n) is 2.38. The van der Waals surface area contributed by atoms with Crippen molar-refractivity contribution in [2.45, 2.75) is 20.8 Å². The Balaban J connectivity index is 2.97. The lowest BCUT2D eigenvalue weighted by molar-refractivity contribution is 1.09. The summed E-state index contributed by atoms with van der Waals surface area (Å²) in [4.78, 5) is 4.26. The van der Waals surface area contributed by atoms with Gasteiger partial charge in [-0.15, -0.1) is 0 Å². The Morgan fingerprint density at radius 3 is 2.67 bits per heavy atom. The van der Waals surface area contributed by atoms with Gasteiger partial charge in [-0.25, -0.2) is 0 Å². The second-order valence-electron chi connectivity index (χ2n) is 3.21. The minimum absolute atomic E-state index is 1.10. The molecule has 62 valence electrons.